The smallest absolute Gasteiger partial charge is 0.268 e. The molecule has 1 aliphatic rings. The Morgan fingerprint density at radius 1 is 1.57 bits per heavy atom. The summed E-state index contributed by atoms with van der Waals surface area (Å²) < 4.78 is 1.66. The van der Waals surface area contributed by atoms with E-state index in [2.05, 4.69) is 0 Å². The third kappa shape index (κ3) is 1.56. The van der Waals surface area contributed by atoms with E-state index >= 15 is 0 Å². The second-order valence-corrected chi connectivity index (χ2v) is 3.79. The largest absolute Gasteiger partial charge is 0.314 e. The molecule has 1 heterocycles. The van der Waals surface area contributed by atoms with E-state index in [1.807, 2.05) is 6.07 Å². The van der Waals surface area contributed by atoms with Crippen molar-refractivity contribution in [2.24, 2.45) is 5.92 Å². The quantitative estimate of drug-likeness (QED) is 0.706. The van der Waals surface area contributed by atoms with Crippen LogP contribution < -0.4 is 5.56 Å². The summed E-state index contributed by atoms with van der Waals surface area (Å²) >= 11 is 0. The van der Waals surface area contributed by atoms with E-state index in [1.54, 1.807) is 22.9 Å². The highest BCUT2D eigenvalue weighted by Crippen LogP contribution is 2.27. The van der Waals surface area contributed by atoms with Crippen LogP contribution >= 0.6 is 0 Å². The number of aromatic nitrogens is 1. The molecule has 1 fully saturated rings. The highest BCUT2D eigenvalue weighted by molar-refractivity contribution is 5.24. The zero-order chi connectivity index (χ0) is 9.97. The Labute approximate surface area is 82.6 Å². The van der Waals surface area contributed by atoms with Crippen molar-refractivity contribution in [1.82, 2.24) is 4.57 Å². The molecule has 0 spiro atoms. The van der Waals surface area contributed by atoms with E-state index in [-0.39, 0.29) is 11.1 Å². The molecule has 3 heteroatoms. The average molecular weight is 188 g/mol. The lowest BCUT2D eigenvalue weighted by Crippen LogP contribution is -2.27. The minimum absolute atomic E-state index is 0.151. The molecule has 0 aliphatic heterocycles. The molecular formula is C11H12N2O. The Morgan fingerprint density at radius 2 is 2.36 bits per heavy atom. The molecule has 0 N–H and O–H groups in total. The molecule has 0 saturated heterocycles. The Morgan fingerprint density at radius 3 is 2.93 bits per heavy atom. The van der Waals surface area contributed by atoms with Crippen LogP contribution in [-0.2, 0) is 6.54 Å². The van der Waals surface area contributed by atoms with Gasteiger partial charge in [0.2, 0.25) is 0 Å². The molecule has 2 rings (SSSR count). The minimum Gasteiger partial charge on any atom is -0.314 e. The normalized spacial score (nSPS) is 15.9. The lowest BCUT2D eigenvalue weighted by atomic mass is 9.85. The average Bonchev–Trinajstić information content (AvgIpc) is 2.13. The monoisotopic (exact) mass is 188 g/mol. The summed E-state index contributed by atoms with van der Waals surface area (Å²) in [4.78, 5) is 11.6. The van der Waals surface area contributed by atoms with Crippen LogP contribution in [0.3, 0.4) is 0 Å². The van der Waals surface area contributed by atoms with Gasteiger partial charge in [0, 0.05) is 12.7 Å². The fraction of sp³-hybridized carbons (Fsp3) is 0.455. The lowest BCUT2D eigenvalue weighted by Gasteiger charge is -2.25. The van der Waals surface area contributed by atoms with Gasteiger partial charge in [0.15, 0.2) is 0 Å². The van der Waals surface area contributed by atoms with Crippen LogP contribution in [-0.4, -0.2) is 4.57 Å². The molecule has 3 nitrogen and oxygen atoms in total. The second-order valence-electron chi connectivity index (χ2n) is 3.79. The zero-order valence-corrected chi connectivity index (χ0v) is 7.94. The van der Waals surface area contributed by atoms with Gasteiger partial charge in [-0.2, -0.15) is 5.26 Å². The Balaban J connectivity index is 2.25. The SMILES string of the molecule is N#Cc1cccn(CC2CCC2)c1=O. The first-order valence-corrected chi connectivity index (χ1v) is 4.91. The van der Waals surface area contributed by atoms with Crippen LogP contribution in [0.4, 0.5) is 0 Å². The summed E-state index contributed by atoms with van der Waals surface area (Å²) in [6.07, 6.45) is 5.46. The molecule has 0 aromatic carbocycles. The van der Waals surface area contributed by atoms with E-state index in [0.717, 1.165) is 6.54 Å². The summed E-state index contributed by atoms with van der Waals surface area (Å²) in [7, 11) is 0. The molecule has 1 aliphatic carbocycles. The number of hydrogen-bond donors (Lipinski definition) is 0. The third-order valence-electron chi connectivity index (χ3n) is 2.82. The van der Waals surface area contributed by atoms with Gasteiger partial charge in [0.05, 0.1) is 0 Å². The maximum absolute atomic E-state index is 11.6. The Kier molecular flexibility index (Phi) is 2.36. The summed E-state index contributed by atoms with van der Waals surface area (Å²) in [6.45, 7) is 0.772. The Hall–Kier alpha value is -1.56. The number of nitrogens with zero attached hydrogens (tertiary/aromatic N) is 2. The molecule has 1 saturated carbocycles. The van der Waals surface area contributed by atoms with Gasteiger partial charge in [0.25, 0.3) is 5.56 Å². The van der Waals surface area contributed by atoms with Crippen LogP contribution in [0.25, 0.3) is 0 Å². The van der Waals surface area contributed by atoms with Crippen LogP contribution in [0.5, 0.6) is 0 Å². The van der Waals surface area contributed by atoms with Crippen molar-refractivity contribution in [2.45, 2.75) is 25.8 Å². The van der Waals surface area contributed by atoms with Gasteiger partial charge >= 0.3 is 0 Å². The standard InChI is InChI=1S/C11H12N2O/c12-7-10-5-2-6-13(11(10)14)8-9-3-1-4-9/h2,5-6,9H,1,3-4,8H2. The predicted octanol–water partition coefficient (Wildman–Crippen LogP) is 1.52. The van der Waals surface area contributed by atoms with Crippen LogP contribution in [0.15, 0.2) is 23.1 Å². The van der Waals surface area contributed by atoms with Crippen molar-refractivity contribution in [3.8, 4) is 6.07 Å². The molecule has 0 unspecified atom stereocenters. The van der Waals surface area contributed by atoms with Crippen molar-refractivity contribution < 1.29 is 0 Å². The Bertz CT molecular complexity index is 424. The molecule has 0 radical (unpaired) electrons. The van der Waals surface area contributed by atoms with Crippen LogP contribution in [0, 0.1) is 17.2 Å². The molecule has 14 heavy (non-hydrogen) atoms. The van der Waals surface area contributed by atoms with Gasteiger partial charge in [-0.1, -0.05) is 6.42 Å². The van der Waals surface area contributed by atoms with Crippen LogP contribution in [0.1, 0.15) is 24.8 Å². The number of pyridine rings is 1. The molecule has 0 amide bonds. The van der Waals surface area contributed by atoms with Crippen LogP contribution in [0.2, 0.25) is 0 Å². The molecule has 72 valence electrons. The van der Waals surface area contributed by atoms with Crippen molar-refractivity contribution >= 4 is 0 Å². The molecular weight excluding hydrogens is 176 g/mol. The van der Waals surface area contributed by atoms with Gasteiger partial charge in [0.1, 0.15) is 11.6 Å². The highest BCUT2D eigenvalue weighted by atomic mass is 16.1. The predicted molar refractivity (Wildman–Crippen MR) is 52.8 cm³/mol. The molecule has 1 aromatic heterocycles. The van der Waals surface area contributed by atoms with E-state index < -0.39 is 0 Å². The minimum atomic E-state index is -0.151. The van der Waals surface area contributed by atoms with Gasteiger partial charge in [-0.15, -0.1) is 0 Å². The van der Waals surface area contributed by atoms with E-state index in [0.29, 0.717) is 5.92 Å². The van der Waals surface area contributed by atoms with Gasteiger partial charge < -0.3 is 4.57 Å². The van der Waals surface area contributed by atoms with Crippen molar-refractivity contribution in [1.29, 1.82) is 5.26 Å². The first kappa shape index (κ1) is 9.01. The van der Waals surface area contributed by atoms with Crippen molar-refractivity contribution in [3.05, 3.63) is 34.2 Å². The summed E-state index contributed by atoms with van der Waals surface area (Å²) in [5.41, 5.74) is 0.0914. The van der Waals surface area contributed by atoms with E-state index in [1.165, 1.54) is 19.3 Å². The van der Waals surface area contributed by atoms with Crippen molar-refractivity contribution in [2.75, 3.05) is 0 Å². The lowest BCUT2D eigenvalue weighted by molar-refractivity contribution is 0.273. The fourth-order valence-electron chi connectivity index (χ4n) is 1.72. The number of hydrogen-bond acceptors (Lipinski definition) is 2. The van der Waals surface area contributed by atoms with Gasteiger partial charge in [-0.05, 0) is 30.9 Å². The maximum Gasteiger partial charge on any atom is 0.268 e. The first-order chi connectivity index (χ1) is 6.81. The second kappa shape index (κ2) is 3.67. The third-order valence-corrected chi connectivity index (χ3v) is 2.82. The van der Waals surface area contributed by atoms with E-state index in [9.17, 15) is 4.79 Å². The number of rotatable bonds is 2. The summed E-state index contributed by atoms with van der Waals surface area (Å²) in [6, 6.07) is 5.24. The molecule has 0 bridgehead atoms. The highest BCUT2D eigenvalue weighted by Gasteiger charge is 2.18. The molecule has 1 aromatic rings. The maximum atomic E-state index is 11.6. The summed E-state index contributed by atoms with van der Waals surface area (Å²) in [5.74, 6) is 0.640. The van der Waals surface area contributed by atoms with E-state index in [4.69, 9.17) is 5.26 Å². The topological polar surface area (TPSA) is 45.8 Å². The van der Waals surface area contributed by atoms with Gasteiger partial charge in [-0.3, -0.25) is 4.79 Å². The first-order valence-electron chi connectivity index (χ1n) is 4.91. The molecule has 0 atom stereocenters. The zero-order valence-electron chi connectivity index (χ0n) is 7.94. The number of nitriles is 1. The summed E-state index contributed by atoms with van der Waals surface area (Å²) in [5, 5.41) is 8.68. The van der Waals surface area contributed by atoms with Crippen molar-refractivity contribution in [3.63, 3.8) is 0 Å². The van der Waals surface area contributed by atoms with Gasteiger partial charge in [-0.25, -0.2) is 0 Å². The fourth-order valence-corrected chi connectivity index (χ4v) is 1.72.